The van der Waals surface area contributed by atoms with E-state index in [-0.39, 0.29) is 11.6 Å². The molecule has 0 amide bonds. The molecule has 3 aromatic carbocycles. The van der Waals surface area contributed by atoms with Crippen LogP contribution in [0.3, 0.4) is 0 Å². The predicted octanol–water partition coefficient (Wildman–Crippen LogP) is 2.68. The normalized spacial score (nSPS) is 13.8. The van der Waals surface area contributed by atoms with Crippen LogP contribution in [0.2, 0.25) is 0 Å². The first-order chi connectivity index (χ1) is 11.7. The van der Waals surface area contributed by atoms with Crippen molar-refractivity contribution in [3.63, 3.8) is 0 Å². The topological polar surface area (TPSA) is 58.9 Å². The average molecular weight is 310 g/mol. The van der Waals surface area contributed by atoms with Crippen molar-refractivity contribution in [2.45, 2.75) is 0 Å². The maximum Gasteiger partial charge on any atom is 0.197 e. The summed E-state index contributed by atoms with van der Waals surface area (Å²) in [5.74, 6) is -0.167. The lowest BCUT2D eigenvalue weighted by atomic mass is 9.93. The summed E-state index contributed by atoms with van der Waals surface area (Å²) in [5.41, 5.74) is 3.40. The fourth-order valence-corrected chi connectivity index (χ4v) is 3.20. The van der Waals surface area contributed by atoms with Gasteiger partial charge in [-0.05, 0) is 36.4 Å². The van der Waals surface area contributed by atoms with Crippen LogP contribution in [0.5, 0.6) is 0 Å². The van der Waals surface area contributed by atoms with Gasteiger partial charge in [0.2, 0.25) is 0 Å². The molecule has 0 fully saturated rings. The van der Waals surface area contributed by atoms with Crippen molar-refractivity contribution in [3.8, 4) is 0 Å². The van der Waals surface area contributed by atoms with Crippen LogP contribution in [0, 0.1) is 0 Å². The summed E-state index contributed by atoms with van der Waals surface area (Å²) in [6.45, 7) is 0. The molecule has 2 aliphatic heterocycles. The third-order valence-electron chi connectivity index (χ3n) is 4.38. The van der Waals surface area contributed by atoms with Crippen LogP contribution >= 0.6 is 0 Å². The smallest absolute Gasteiger partial charge is 0.197 e. The standard InChI is InChI=1S/C20H10N2O2/c23-19-11-5-1-3-7-15(11)21-17-10-14-18(9-13(17)19)22-16-8-4-2-6-12(16)20(14)24/h1-10H. The summed E-state index contributed by atoms with van der Waals surface area (Å²) >= 11 is 0. The molecular weight excluding hydrogens is 300 g/mol. The number of hydrogen-bond donors (Lipinski definition) is 0. The summed E-state index contributed by atoms with van der Waals surface area (Å²) in [5, 5.41) is 1.06. The van der Waals surface area contributed by atoms with Crippen LogP contribution < -0.4 is 10.7 Å². The van der Waals surface area contributed by atoms with Crippen molar-refractivity contribution in [1.82, 2.24) is 0 Å². The Labute approximate surface area is 136 Å². The second-order valence-corrected chi connectivity index (χ2v) is 5.80. The molecule has 0 aromatic heterocycles. The molecular formula is C20H10N2O2. The fourth-order valence-electron chi connectivity index (χ4n) is 3.20. The molecule has 24 heavy (non-hydrogen) atoms. The number of benzene rings is 3. The molecule has 0 atom stereocenters. The van der Waals surface area contributed by atoms with Crippen LogP contribution in [0.25, 0.3) is 0 Å². The van der Waals surface area contributed by atoms with Crippen molar-refractivity contribution >= 4 is 22.9 Å². The van der Waals surface area contributed by atoms with E-state index >= 15 is 0 Å². The van der Waals surface area contributed by atoms with Gasteiger partial charge >= 0.3 is 0 Å². The zero-order valence-electron chi connectivity index (χ0n) is 12.5. The molecule has 3 aromatic rings. The number of para-hydroxylation sites is 2. The van der Waals surface area contributed by atoms with Crippen LogP contribution in [0.15, 0.2) is 70.6 Å². The van der Waals surface area contributed by atoms with Gasteiger partial charge in [0.05, 0.1) is 33.2 Å². The maximum absolute atomic E-state index is 12.7. The predicted molar refractivity (Wildman–Crippen MR) is 87.8 cm³/mol. The molecule has 0 spiro atoms. The number of ketones is 2. The first-order valence-corrected chi connectivity index (χ1v) is 7.61. The van der Waals surface area contributed by atoms with Gasteiger partial charge in [0, 0.05) is 11.1 Å². The number of fused-ring (bicyclic) bond motifs is 4. The third kappa shape index (κ3) is 1.68. The van der Waals surface area contributed by atoms with Gasteiger partial charge in [0.25, 0.3) is 0 Å². The van der Waals surface area contributed by atoms with Gasteiger partial charge < -0.3 is 0 Å². The largest absolute Gasteiger partial charge is 0.288 e. The Morgan fingerprint density at radius 2 is 0.958 bits per heavy atom. The zero-order valence-corrected chi connectivity index (χ0v) is 12.5. The van der Waals surface area contributed by atoms with Crippen LogP contribution in [0.4, 0.5) is 11.4 Å². The van der Waals surface area contributed by atoms with E-state index in [4.69, 9.17) is 0 Å². The second-order valence-electron chi connectivity index (χ2n) is 5.80. The molecule has 2 aliphatic rings. The van der Waals surface area contributed by atoms with Gasteiger partial charge in [-0.2, -0.15) is 0 Å². The van der Waals surface area contributed by atoms with Crippen LogP contribution in [0.1, 0.15) is 31.8 Å². The van der Waals surface area contributed by atoms with Gasteiger partial charge in [0.1, 0.15) is 0 Å². The highest BCUT2D eigenvalue weighted by molar-refractivity contribution is 6.15. The Balaban J connectivity index is 1.86. The summed E-state index contributed by atoms with van der Waals surface area (Å²) in [6, 6.07) is 17.8. The Bertz CT molecular complexity index is 1100. The summed E-state index contributed by atoms with van der Waals surface area (Å²) < 4.78 is 0. The highest BCUT2D eigenvalue weighted by Crippen LogP contribution is 2.26. The van der Waals surface area contributed by atoms with E-state index in [1.54, 1.807) is 36.4 Å². The van der Waals surface area contributed by atoms with Crippen molar-refractivity contribution < 1.29 is 9.59 Å². The van der Waals surface area contributed by atoms with Crippen molar-refractivity contribution in [1.29, 1.82) is 0 Å². The fraction of sp³-hybridized carbons (Fsp3) is 0. The molecule has 4 heteroatoms. The van der Waals surface area contributed by atoms with Gasteiger partial charge in [-0.15, -0.1) is 0 Å². The molecule has 0 unspecified atom stereocenters. The van der Waals surface area contributed by atoms with E-state index in [1.165, 1.54) is 0 Å². The average Bonchev–Trinajstić information content (AvgIpc) is 2.62. The van der Waals surface area contributed by atoms with E-state index in [0.29, 0.717) is 44.3 Å². The first kappa shape index (κ1) is 13.1. The molecule has 4 nitrogen and oxygen atoms in total. The van der Waals surface area contributed by atoms with Crippen molar-refractivity contribution in [2.24, 2.45) is 9.98 Å². The van der Waals surface area contributed by atoms with Crippen molar-refractivity contribution in [3.05, 3.63) is 93.6 Å². The minimum atomic E-state index is -0.0834. The number of rotatable bonds is 0. The zero-order chi connectivity index (χ0) is 16.3. The lowest BCUT2D eigenvalue weighted by molar-refractivity contribution is 0.102. The number of hydrogen-bond acceptors (Lipinski definition) is 4. The molecule has 112 valence electrons. The van der Waals surface area contributed by atoms with Gasteiger partial charge in [0.15, 0.2) is 11.6 Å². The lowest BCUT2D eigenvalue weighted by Gasteiger charge is -2.15. The van der Waals surface area contributed by atoms with Crippen LogP contribution in [-0.4, -0.2) is 11.6 Å². The number of nitrogens with zero attached hydrogens (tertiary/aromatic N) is 2. The summed E-state index contributed by atoms with van der Waals surface area (Å²) in [4.78, 5) is 34.6. The van der Waals surface area contributed by atoms with E-state index in [2.05, 4.69) is 9.98 Å². The number of carbonyl (C=O) groups is 2. The lowest BCUT2D eigenvalue weighted by Crippen LogP contribution is -2.30. The molecule has 0 radical (unpaired) electrons. The summed E-state index contributed by atoms with van der Waals surface area (Å²) in [7, 11) is 0. The van der Waals surface area contributed by atoms with Gasteiger partial charge in [-0.1, -0.05) is 24.3 Å². The maximum atomic E-state index is 12.7. The van der Waals surface area contributed by atoms with Crippen LogP contribution in [-0.2, 0) is 0 Å². The second kappa shape index (κ2) is 4.55. The quantitative estimate of drug-likeness (QED) is 0.441. The molecule has 5 rings (SSSR count). The molecule has 2 heterocycles. The minimum Gasteiger partial charge on any atom is -0.288 e. The first-order valence-electron chi connectivity index (χ1n) is 7.61. The minimum absolute atomic E-state index is 0.0834. The van der Waals surface area contributed by atoms with E-state index in [1.807, 2.05) is 24.3 Å². The van der Waals surface area contributed by atoms with E-state index in [0.717, 1.165) is 0 Å². The highest BCUT2D eigenvalue weighted by Gasteiger charge is 2.25. The summed E-state index contributed by atoms with van der Waals surface area (Å²) in [6.07, 6.45) is 0. The molecule has 0 N–H and O–H groups in total. The Kier molecular flexibility index (Phi) is 2.48. The molecule has 0 bridgehead atoms. The Morgan fingerprint density at radius 1 is 0.542 bits per heavy atom. The SMILES string of the molecule is O=C1c2ccccc2N=c2cc3c(cc21)=Nc1ccccc1C3=O. The van der Waals surface area contributed by atoms with Crippen molar-refractivity contribution in [2.75, 3.05) is 0 Å². The van der Waals surface area contributed by atoms with Gasteiger partial charge in [-0.25, -0.2) is 9.98 Å². The van der Waals surface area contributed by atoms with Gasteiger partial charge in [-0.3, -0.25) is 9.59 Å². The molecule has 0 aliphatic carbocycles. The Morgan fingerprint density at radius 3 is 1.42 bits per heavy atom. The third-order valence-corrected chi connectivity index (χ3v) is 4.38. The van der Waals surface area contributed by atoms with E-state index < -0.39 is 0 Å². The van der Waals surface area contributed by atoms with E-state index in [9.17, 15) is 9.59 Å². The highest BCUT2D eigenvalue weighted by atomic mass is 16.1. The number of carbonyl (C=O) groups excluding carboxylic acids is 2. The Hall–Kier alpha value is -3.40. The monoisotopic (exact) mass is 310 g/mol. The molecule has 0 saturated heterocycles. The molecule has 0 saturated carbocycles.